The maximum atomic E-state index is 14.1. The van der Waals surface area contributed by atoms with Crippen LogP contribution in [0.3, 0.4) is 0 Å². The van der Waals surface area contributed by atoms with Gasteiger partial charge in [0.15, 0.2) is 9.84 Å². The van der Waals surface area contributed by atoms with Crippen LogP contribution in [0.1, 0.15) is 24.8 Å². The third-order valence-electron chi connectivity index (χ3n) is 6.70. The predicted octanol–water partition coefficient (Wildman–Crippen LogP) is 3.23. The van der Waals surface area contributed by atoms with Gasteiger partial charge in [0.25, 0.3) is 0 Å². The van der Waals surface area contributed by atoms with Crippen LogP contribution in [0.2, 0.25) is 0 Å². The molecule has 2 aliphatic rings. The van der Waals surface area contributed by atoms with E-state index >= 15 is 0 Å². The molecule has 0 spiro atoms. The smallest absolute Gasteiger partial charge is 0.336 e. The molecule has 192 valence electrons. The minimum absolute atomic E-state index is 0.107. The second kappa shape index (κ2) is 9.00. The van der Waals surface area contributed by atoms with E-state index in [0.29, 0.717) is 24.2 Å². The predicted molar refractivity (Wildman–Crippen MR) is 127 cm³/mol. The summed E-state index contributed by atoms with van der Waals surface area (Å²) >= 11 is 0. The van der Waals surface area contributed by atoms with Gasteiger partial charge in [0.05, 0.1) is 27.8 Å². The van der Waals surface area contributed by atoms with Crippen LogP contribution in [-0.4, -0.2) is 47.3 Å². The topological polar surface area (TPSA) is 117 Å². The Kier molecular flexibility index (Phi) is 6.08. The van der Waals surface area contributed by atoms with Crippen molar-refractivity contribution in [2.75, 3.05) is 6.54 Å². The van der Waals surface area contributed by atoms with Crippen LogP contribution in [0.15, 0.2) is 65.8 Å². The van der Waals surface area contributed by atoms with E-state index in [4.69, 9.17) is 5.26 Å². The summed E-state index contributed by atoms with van der Waals surface area (Å²) in [6, 6.07) is 13.1. The monoisotopic (exact) mass is 529 g/mol. The molecule has 2 aromatic carbocycles. The number of alkyl halides is 3. The lowest BCUT2D eigenvalue weighted by molar-refractivity contribution is -0.139. The highest BCUT2D eigenvalue weighted by Gasteiger charge is 2.48. The zero-order valence-electron chi connectivity index (χ0n) is 19.4. The fraction of sp³-hybridized carbons (Fsp3) is 0.320. The summed E-state index contributed by atoms with van der Waals surface area (Å²) in [5.74, 6) is -0.124. The van der Waals surface area contributed by atoms with Crippen molar-refractivity contribution >= 4 is 15.7 Å². The Hall–Kier alpha value is -3.69. The zero-order chi connectivity index (χ0) is 26.4. The first kappa shape index (κ1) is 25.0. The normalized spacial score (nSPS) is 20.8. The van der Waals surface area contributed by atoms with Gasteiger partial charge in [0.2, 0.25) is 5.91 Å². The van der Waals surface area contributed by atoms with Crippen molar-refractivity contribution in [3.8, 4) is 23.1 Å². The van der Waals surface area contributed by atoms with Crippen LogP contribution in [0.4, 0.5) is 13.2 Å². The van der Waals surface area contributed by atoms with Gasteiger partial charge >= 0.3 is 6.18 Å². The lowest BCUT2D eigenvalue weighted by Crippen LogP contribution is -2.45. The largest absolute Gasteiger partial charge is 0.417 e. The SMILES string of the molecule is N#CC1(NC(=O)C2CC(S(=O)(=O)c3ccc(-n4ccnc4-c4ccccc4)cc3C(F)(F)F)CN2)CC1. The third kappa shape index (κ3) is 4.72. The molecule has 1 saturated heterocycles. The van der Waals surface area contributed by atoms with Crippen molar-refractivity contribution < 1.29 is 26.4 Å². The molecule has 8 nitrogen and oxygen atoms in total. The number of amides is 1. The summed E-state index contributed by atoms with van der Waals surface area (Å²) in [7, 11) is -4.45. The van der Waals surface area contributed by atoms with Crippen molar-refractivity contribution in [2.45, 2.75) is 47.2 Å². The molecule has 0 bridgehead atoms. The molecule has 1 aliphatic heterocycles. The average Bonchev–Trinajstić information content (AvgIpc) is 3.26. The van der Waals surface area contributed by atoms with Gasteiger partial charge in [-0.2, -0.15) is 18.4 Å². The molecule has 5 rings (SSSR count). The number of rotatable bonds is 6. The first-order valence-corrected chi connectivity index (χ1v) is 13.1. The molecule has 2 fully saturated rings. The van der Waals surface area contributed by atoms with Crippen LogP contribution in [0.5, 0.6) is 0 Å². The van der Waals surface area contributed by atoms with E-state index in [9.17, 15) is 26.4 Å². The van der Waals surface area contributed by atoms with Crippen molar-refractivity contribution in [2.24, 2.45) is 0 Å². The Bertz CT molecular complexity index is 1490. The molecule has 2 unspecified atom stereocenters. The number of aromatic nitrogens is 2. The number of nitrogens with one attached hydrogen (secondary N) is 2. The molecule has 2 atom stereocenters. The fourth-order valence-corrected chi connectivity index (χ4v) is 6.34. The molecule has 12 heteroatoms. The first-order valence-electron chi connectivity index (χ1n) is 11.5. The maximum Gasteiger partial charge on any atom is 0.417 e. The molecular weight excluding hydrogens is 507 g/mol. The summed E-state index contributed by atoms with van der Waals surface area (Å²) in [6.07, 6.45) is -1.17. The molecule has 3 aromatic rings. The van der Waals surface area contributed by atoms with Crippen molar-refractivity contribution in [1.29, 1.82) is 5.26 Å². The minimum atomic E-state index is -4.94. The van der Waals surface area contributed by atoms with Gasteiger partial charge in [0.1, 0.15) is 11.4 Å². The molecule has 2 N–H and O–H groups in total. The van der Waals surface area contributed by atoms with E-state index in [2.05, 4.69) is 15.6 Å². The molecule has 37 heavy (non-hydrogen) atoms. The number of imidazole rings is 1. The Balaban J connectivity index is 1.45. The quantitative estimate of drug-likeness (QED) is 0.507. The molecular formula is C25H22F3N5O3S. The van der Waals surface area contributed by atoms with Gasteiger partial charge < -0.3 is 10.6 Å². The van der Waals surface area contributed by atoms with Gasteiger partial charge in [-0.05, 0) is 37.5 Å². The number of nitrogens with zero attached hydrogens (tertiary/aromatic N) is 3. The summed E-state index contributed by atoms with van der Waals surface area (Å²) in [5.41, 5.74) is -1.42. The Labute approximate surface area is 211 Å². The number of halogens is 3. The Morgan fingerprint density at radius 3 is 2.57 bits per heavy atom. The van der Waals surface area contributed by atoms with Crippen LogP contribution in [0, 0.1) is 11.3 Å². The van der Waals surface area contributed by atoms with Gasteiger partial charge in [-0.3, -0.25) is 9.36 Å². The van der Waals surface area contributed by atoms with Crippen molar-refractivity contribution in [1.82, 2.24) is 20.2 Å². The molecule has 1 saturated carbocycles. The number of hydrogen-bond acceptors (Lipinski definition) is 6. The van der Waals surface area contributed by atoms with Crippen LogP contribution in [-0.2, 0) is 20.8 Å². The number of carbonyl (C=O) groups is 1. The number of sulfone groups is 1. The highest BCUT2D eigenvalue weighted by molar-refractivity contribution is 7.92. The Morgan fingerprint density at radius 2 is 1.92 bits per heavy atom. The van der Waals surface area contributed by atoms with E-state index < -0.39 is 49.2 Å². The average molecular weight is 530 g/mol. The van der Waals surface area contributed by atoms with E-state index in [1.807, 2.05) is 6.07 Å². The van der Waals surface area contributed by atoms with Crippen LogP contribution in [0.25, 0.3) is 17.1 Å². The first-order chi connectivity index (χ1) is 17.5. The summed E-state index contributed by atoms with van der Waals surface area (Å²) < 4.78 is 70.6. The molecule has 1 aliphatic carbocycles. The lowest BCUT2D eigenvalue weighted by Gasteiger charge is -2.19. The highest BCUT2D eigenvalue weighted by Crippen LogP contribution is 2.39. The molecule has 1 amide bonds. The lowest BCUT2D eigenvalue weighted by atomic mass is 10.1. The highest BCUT2D eigenvalue weighted by atomic mass is 32.2. The van der Waals surface area contributed by atoms with Crippen molar-refractivity contribution in [3.05, 3.63) is 66.5 Å². The van der Waals surface area contributed by atoms with Gasteiger partial charge in [-0.1, -0.05) is 30.3 Å². The summed E-state index contributed by atoms with van der Waals surface area (Å²) in [5, 5.41) is 13.3. The molecule has 0 radical (unpaired) electrons. The number of hydrogen-bond donors (Lipinski definition) is 2. The van der Waals surface area contributed by atoms with E-state index in [1.54, 1.807) is 30.3 Å². The van der Waals surface area contributed by atoms with Crippen LogP contribution < -0.4 is 10.6 Å². The van der Waals surface area contributed by atoms with E-state index in [-0.39, 0.29) is 18.7 Å². The number of carbonyl (C=O) groups excluding carboxylic acids is 1. The van der Waals surface area contributed by atoms with Crippen LogP contribution >= 0.6 is 0 Å². The summed E-state index contributed by atoms with van der Waals surface area (Å²) in [4.78, 5) is 15.9. The second-order valence-electron chi connectivity index (χ2n) is 9.21. The summed E-state index contributed by atoms with van der Waals surface area (Å²) in [6.45, 7) is -0.182. The minimum Gasteiger partial charge on any atom is -0.336 e. The van der Waals surface area contributed by atoms with E-state index in [0.717, 1.165) is 12.1 Å². The molecule has 2 heterocycles. The standard InChI is InChI=1S/C25H22F3N5O3S/c26-25(27,28)19-12-17(33-11-10-30-22(33)16-4-2-1-3-5-16)6-7-21(19)37(35,36)18-13-20(31-14-18)23(34)32-24(15-29)8-9-24/h1-7,10-12,18,20,31H,8-9,13-14H2,(H,32,34). The Morgan fingerprint density at radius 1 is 1.19 bits per heavy atom. The molecule has 1 aromatic heterocycles. The van der Waals surface area contributed by atoms with Gasteiger partial charge in [-0.25, -0.2) is 13.4 Å². The fourth-order valence-electron chi connectivity index (χ4n) is 4.48. The van der Waals surface area contributed by atoms with E-state index in [1.165, 1.54) is 23.0 Å². The third-order valence-corrected chi connectivity index (χ3v) is 8.90. The van der Waals surface area contributed by atoms with Crippen molar-refractivity contribution in [3.63, 3.8) is 0 Å². The number of benzene rings is 2. The maximum absolute atomic E-state index is 14.1. The van der Waals surface area contributed by atoms with Gasteiger partial charge in [-0.15, -0.1) is 0 Å². The number of nitriles is 1. The zero-order valence-corrected chi connectivity index (χ0v) is 20.2. The second-order valence-corrected chi connectivity index (χ2v) is 11.4. The van der Waals surface area contributed by atoms with Gasteiger partial charge in [0, 0.05) is 30.2 Å².